The van der Waals surface area contributed by atoms with Crippen LogP contribution in [0.1, 0.15) is 16.7 Å². The number of hydrogen-bond acceptors (Lipinski definition) is 3. The topological polar surface area (TPSA) is 36.3 Å². The van der Waals surface area contributed by atoms with Crippen LogP contribution >= 0.6 is 0 Å². The highest BCUT2D eigenvalue weighted by Crippen LogP contribution is 2.51. The number of para-hydroxylation sites is 4. The number of nitriles is 1. The molecule has 0 fully saturated rings. The minimum atomic E-state index is 0.684. The molecular weight excluding hydrogens is 296 g/mol. The molecule has 24 heavy (non-hydrogen) atoms. The third kappa shape index (κ3) is 2.12. The molecule has 0 saturated carbocycles. The van der Waals surface area contributed by atoms with Gasteiger partial charge in [-0.3, -0.25) is 0 Å². The van der Waals surface area contributed by atoms with E-state index in [4.69, 9.17) is 4.74 Å². The van der Waals surface area contributed by atoms with E-state index in [-0.39, 0.29) is 0 Å². The first kappa shape index (κ1) is 14.3. The highest BCUT2D eigenvalue weighted by atomic mass is 16.5. The van der Waals surface area contributed by atoms with Crippen LogP contribution in [0.4, 0.5) is 17.1 Å². The molecule has 1 aliphatic rings. The van der Waals surface area contributed by atoms with E-state index in [1.165, 1.54) is 0 Å². The first-order valence-electron chi connectivity index (χ1n) is 7.86. The third-order valence-corrected chi connectivity index (χ3v) is 4.28. The number of fused-ring (bicyclic) bond motifs is 2. The lowest BCUT2D eigenvalue weighted by atomic mass is 10.0. The Balaban J connectivity index is 2.01. The van der Waals surface area contributed by atoms with Gasteiger partial charge in [-0.05, 0) is 61.4 Å². The summed E-state index contributed by atoms with van der Waals surface area (Å²) in [4.78, 5) is 2.22. The van der Waals surface area contributed by atoms with Crippen molar-refractivity contribution in [3.8, 4) is 17.6 Å². The number of anilines is 3. The van der Waals surface area contributed by atoms with E-state index in [1.54, 1.807) is 0 Å². The zero-order valence-electron chi connectivity index (χ0n) is 13.6. The van der Waals surface area contributed by atoms with Crippen LogP contribution < -0.4 is 9.64 Å². The summed E-state index contributed by atoms with van der Waals surface area (Å²) in [5.41, 5.74) is 5.93. The molecule has 0 N–H and O–H groups in total. The molecule has 0 aliphatic carbocycles. The van der Waals surface area contributed by atoms with Crippen molar-refractivity contribution in [1.82, 2.24) is 0 Å². The van der Waals surface area contributed by atoms with E-state index in [1.807, 2.05) is 62.4 Å². The molecule has 0 unspecified atom stereocenters. The molecule has 0 spiro atoms. The number of rotatable bonds is 1. The van der Waals surface area contributed by atoms with Gasteiger partial charge in [-0.2, -0.15) is 5.26 Å². The van der Waals surface area contributed by atoms with Crippen LogP contribution in [0.25, 0.3) is 0 Å². The predicted molar refractivity (Wildman–Crippen MR) is 95.4 cm³/mol. The van der Waals surface area contributed by atoms with Crippen molar-refractivity contribution in [3.05, 3.63) is 77.4 Å². The molecule has 1 aliphatic heterocycles. The summed E-state index contributed by atoms with van der Waals surface area (Å²) in [6.45, 7) is 4.09. The average molecular weight is 312 g/mol. The molecule has 116 valence electrons. The number of benzene rings is 3. The fraction of sp³-hybridized carbons (Fsp3) is 0.0952. The lowest BCUT2D eigenvalue weighted by Gasteiger charge is -2.34. The molecule has 4 rings (SSSR count). The predicted octanol–water partition coefficient (Wildman–Crippen LogP) is 5.75. The van der Waals surface area contributed by atoms with Gasteiger partial charge in [-0.25, -0.2) is 0 Å². The molecule has 0 radical (unpaired) electrons. The summed E-state index contributed by atoms with van der Waals surface area (Å²) < 4.78 is 6.06. The minimum Gasteiger partial charge on any atom is -0.453 e. The molecule has 3 aromatic carbocycles. The van der Waals surface area contributed by atoms with Gasteiger partial charge in [0.2, 0.25) is 0 Å². The molecule has 0 atom stereocenters. The van der Waals surface area contributed by atoms with Crippen LogP contribution in [-0.4, -0.2) is 0 Å². The van der Waals surface area contributed by atoms with E-state index in [0.29, 0.717) is 5.56 Å². The molecule has 3 heteroatoms. The first-order chi connectivity index (χ1) is 11.7. The quantitative estimate of drug-likeness (QED) is 0.449. The van der Waals surface area contributed by atoms with Crippen LogP contribution in [0, 0.1) is 25.2 Å². The molecule has 1 heterocycles. The SMILES string of the molecule is Cc1cc(C#N)cc(C)c1N1c2ccccc2Oc2ccccc21. The maximum atomic E-state index is 9.22. The number of aryl methyl sites for hydroxylation is 2. The fourth-order valence-electron chi connectivity index (χ4n) is 3.32. The monoisotopic (exact) mass is 312 g/mol. The molecular formula is C21H16N2O. The van der Waals surface area contributed by atoms with Crippen molar-refractivity contribution in [1.29, 1.82) is 5.26 Å². The van der Waals surface area contributed by atoms with Crippen LogP contribution in [0.2, 0.25) is 0 Å². The third-order valence-electron chi connectivity index (χ3n) is 4.28. The van der Waals surface area contributed by atoms with Gasteiger partial charge in [0.05, 0.1) is 28.7 Å². The van der Waals surface area contributed by atoms with Gasteiger partial charge in [-0.15, -0.1) is 0 Å². The van der Waals surface area contributed by atoms with Gasteiger partial charge in [-0.1, -0.05) is 24.3 Å². The first-order valence-corrected chi connectivity index (χ1v) is 7.86. The van der Waals surface area contributed by atoms with Gasteiger partial charge in [0.1, 0.15) is 0 Å². The maximum Gasteiger partial charge on any atom is 0.151 e. The maximum absolute atomic E-state index is 9.22. The van der Waals surface area contributed by atoms with E-state index in [9.17, 15) is 5.26 Å². The Morgan fingerprint density at radius 2 is 1.33 bits per heavy atom. The summed E-state index contributed by atoms with van der Waals surface area (Å²) >= 11 is 0. The Morgan fingerprint density at radius 3 is 1.83 bits per heavy atom. The highest BCUT2D eigenvalue weighted by Gasteiger charge is 2.27. The van der Waals surface area contributed by atoms with Crippen molar-refractivity contribution >= 4 is 17.1 Å². The van der Waals surface area contributed by atoms with Crippen LogP contribution in [-0.2, 0) is 0 Å². The second-order valence-electron chi connectivity index (χ2n) is 5.94. The van der Waals surface area contributed by atoms with E-state index < -0.39 is 0 Å². The van der Waals surface area contributed by atoms with Gasteiger partial charge < -0.3 is 9.64 Å². The van der Waals surface area contributed by atoms with Gasteiger partial charge >= 0.3 is 0 Å². The number of nitrogens with zero attached hydrogens (tertiary/aromatic N) is 2. The summed E-state index contributed by atoms with van der Waals surface area (Å²) in [6.07, 6.45) is 0. The van der Waals surface area contributed by atoms with Crippen molar-refractivity contribution < 1.29 is 4.74 Å². The zero-order valence-corrected chi connectivity index (χ0v) is 13.6. The lowest BCUT2D eigenvalue weighted by molar-refractivity contribution is 0.477. The molecule has 0 saturated heterocycles. The summed E-state index contributed by atoms with van der Waals surface area (Å²) in [5.74, 6) is 1.67. The van der Waals surface area contributed by atoms with Gasteiger partial charge in [0, 0.05) is 0 Å². The average Bonchev–Trinajstić information content (AvgIpc) is 2.60. The van der Waals surface area contributed by atoms with Gasteiger partial charge in [0.15, 0.2) is 11.5 Å². The Kier molecular flexibility index (Phi) is 3.25. The van der Waals surface area contributed by atoms with Crippen LogP contribution in [0.3, 0.4) is 0 Å². The van der Waals surface area contributed by atoms with Crippen molar-refractivity contribution in [2.24, 2.45) is 0 Å². The zero-order chi connectivity index (χ0) is 16.7. The summed E-state index contributed by atoms with van der Waals surface area (Å²) in [6, 6.07) is 22.1. The molecule has 0 aromatic heterocycles. The normalized spacial score (nSPS) is 12.0. The summed E-state index contributed by atoms with van der Waals surface area (Å²) in [5, 5.41) is 9.22. The van der Waals surface area contributed by atoms with Crippen LogP contribution in [0.15, 0.2) is 60.7 Å². The summed E-state index contributed by atoms with van der Waals surface area (Å²) in [7, 11) is 0. The minimum absolute atomic E-state index is 0.684. The van der Waals surface area contributed by atoms with Crippen molar-refractivity contribution in [2.45, 2.75) is 13.8 Å². The van der Waals surface area contributed by atoms with E-state index in [2.05, 4.69) is 23.1 Å². The van der Waals surface area contributed by atoms with Gasteiger partial charge in [0.25, 0.3) is 0 Å². The second kappa shape index (κ2) is 5.43. The highest BCUT2D eigenvalue weighted by molar-refractivity contribution is 5.88. The van der Waals surface area contributed by atoms with E-state index in [0.717, 1.165) is 39.7 Å². The number of hydrogen-bond donors (Lipinski definition) is 0. The lowest BCUT2D eigenvalue weighted by Crippen LogP contribution is -2.17. The molecule has 3 aromatic rings. The largest absolute Gasteiger partial charge is 0.453 e. The fourth-order valence-corrected chi connectivity index (χ4v) is 3.32. The Bertz CT molecular complexity index is 917. The molecule has 0 amide bonds. The Morgan fingerprint density at radius 1 is 0.833 bits per heavy atom. The van der Waals surface area contributed by atoms with E-state index >= 15 is 0 Å². The second-order valence-corrected chi connectivity index (χ2v) is 5.94. The Labute approximate surface area is 141 Å². The van der Waals surface area contributed by atoms with Crippen molar-refractivity contribution in [3.63, 3.8) is 0 Å². The van der Waals surface area contributed by atoms with Crippen molar-refractivity contribution in [2.75, 3.05) is 4.90 Å². The smallest absolute Gasteiger partial charge is 0.151 e. The molecule has 3 nitrogen and oxygen atoms in total. The van der Waals surface area contributed by atoms with Crippen LogP contribution in [0.5, 0.6) is 11.5 Å². The standard InChI is InChI=1S/C21H16N2O/c1-14-11-16(13-22)12-15(2)21(14)23-17-7-3-5-9-19(17)24-20-10-6-4-8-18(20)23/h3-12H,1-2H3. The molecule has 0 bridgehead atoms. The Hall–Kier alpha value is -3.25. The number of ether oxygens (including phenoxy) is 1.